The SMILES string of the molecule is C[C@@H](NC(=O)c1cncc(N2CCN(C(=O)C3CC3)CC2)n1)c1ccc(-c2cc(C(F)(F)F)ccc2CN)cc1. The average Bonchev–Trinajstić information content (AvgIpc) is 3.82. The first-order chi connectivity index (χ1) is 19.1. The molecule has 40 heavy (non-hydrogen) atoms. The number of piperazine rings is 1. The van der Waals surface area contributed by atoms with Crippen LogP contribution in [0.2, 0.25) is 0 Å². The highest BCUT2D eigenvalue weighted by molar-refractivity contribution is 5.92. The highest BCUT2D eigenvalue weighted by atomic mass is 19.4. The Hall–Kier alpha value is -3.99. The Bertz CT molecular complexity index is 1380. The van der Waals surface area contributed by atoms with Crippen LogP contribution in [0.4, 0.5) is 19.0 Å². The van der Waals surface area contributed by atoms with Crippen LogP contribution < -0.4 is 16.0 Å². The van der Waals surface area contributed by atoms with Gasteiger partial charge in [-0.05, 0) is 54.2 Å². The Kier molecular flexibility index (Phi) is 7.75. The van der Waals surface area contributed by atoms with Crippen LogP contribution in [0.1, 0.15) is 53.0 Å². The van der Waals surface area contributed by atoms with E-state index in [2.05, 4.69) is 15.3 Å². The molecule has 5 rings (SSSR count). The molecule has 3 aromatic rings. The molecule has 1 atom stereocenters. The number of benzene rings is 2. The molecule has 210 valence electrons. The van der Waals surface area contributed by atoms with Crippen molar-refractivity contribution < 1.29 is 22.8 Å². The van der Waals surface area contributed by atoms with Crippen molar-refractivity contribution in [2.45, 2.75) is 38.5 Å². The molecule has 1 saturated carbocycles. The van der Waals surface area contributed by atoms with Crippen molar-refractivity contribution in [2.75, 3.05) is 31.1 Å². The molecule has 2 amide bonds. The molecule has 1 aliphatic carbocycles. The largest absolute Gasteiger partial charge is 0.416 e. The first-order valence-corrected chi connectivity index (χ1v) is 13.3. The van der Waals surface area contributed by atoms with Crippen LogP contribution in [-0.2, 0) is 17.5 Å². The number of nitrogens with one attached hydrogen (secondary N) is 1. The number of nitrogens with two attached hydrogens (primary N) is 1. The molecule has 1 saturated heterocycles. The zero-order valence-electron chi connectivity index (χ0n) is 22.1. The van der Waals surface area contributed by atoms with Crippen molar-refractivity contribution in [1.29, 1.82) is 0 Å². The van der Waals surface area contributed by atoms with Gasteiger partial charge in [0.25, 0.3) is 5.91 Å². The van der Waals surface area contributed by atoms with Crippen LogP contribution in [0, 0.1) is 5.92 Å². The second-order valence-corrected chi connectivity index (χ2v) is 10.2. The fourth-order valence-corrected chi connectivity index (χ4v) is 4.87. The fraction of sp³-hybridized carbons (Fsp3) is 0.379. The van der Waals surface area contributed by atoms with Gasteiger partial charge in [-0.25, -0.2) is 4.98 Å². The van der Waals surface area contributed by atoms with Gasteiger partial charge in [-0.15, -0.1) is 0 Å². The van der Waals surface area contributed by atoms with Crippen LogP contribution in [0.15, 0.2) is 54.9 Å². The van der Waals surface area contributed by atoms with Gasteiger partial charge in [0.1, 0.15) is 11.5 Å². The Morgan fingerprint density at radius 2 is 1.75 bits per heavy atom. The molecular formula is C29H31F3N6O2. The summed E-state index contributed by atoms with van der Waals surface area (Å²) < 4.78 is 39.8. The van der Waals surface area contributed by atoms with Crippen LogP contribution in [0.5, 0.6) is 0 Å². The van der Waals surface area contributed by atoms with Crippen LogP contribution >= 0.6 is 0 Å². The Morgan fingerprint density at radius 3 is 2.38 bits per heavy atom. The third-order valence-electron chi connectivity index (χ3n) is 7.42. The van der Waals surface area contributed by atoms with Crippen molar-refractivity contribution in [3.05, 3.63) is 77.2 Å². The van der Waals surface area contributed by atoms with Crippen molar-refractivity contribution >= 4 is 17.6 Å². The number of hydrogen-bond donors (Lipinski definition) is 2. The van der Waals surface area contributed by atoms with Gasteiger partial charge in [0.2, 0.25) is 5.91 Å². The topological polar surface area (TPSA) is 104 Å². The monoisotopic (exact) mass is 552 g/mol. The highest BCUT2D eigenvalue weighted by Crippen LogP contribution is 2.34. The third kappa shape index (κ3) is 6.09. The number of rotatable bonds is 7. The van der Waals surface area contributed by atoms with E-state index in [0.717, 1.165) is 30.5 Å². The minimum atomic E-state index is -4.45. The maximum atomic E-state index is 13.3. The average molecular weight is 553 g/mol. The van der Waals surface area contributed by atoms with Crippen LogP contribution in [0.25, 0.3) is 11.1 Å². The minimum Gasteiger partial charge on any atom is -0.352 e. The normalized spacial score (nSPS) is 16.5. The van der Waals surface area contributed by atoms with Gasteiger partial charge in [0, 0.05) is 38.6 Å². The summed E-state index contributed by atoms with van der Waals surface area (Å²) in [5.74, 6) is 0.618. The number of nitrogens with zero attached hydrogens (tertiary/aromatic N) is 4. The molecule has 0 radical (unpaired) electrons. The van der Waals surface area contributed by atoms with Crippen molar-refractivity contribution in [2.24, 2.45) is 11.7 Å². The number of carbonyl (C=O) groups excluding carboxylic acids is 2. The highest BCUT2D eigenvalue weighted by Gasteiger charge is 2.35. The van der Waals surface area contributed by atoms with E-state index in [-0.39, 0.29) is 30.1 Å². The molecule has 2 aromatic carbocycles. The number of carbonyl (C=O) groups is 2. The zero-order valence-corrected chi connectivity index (χ0v) is 22.1. The van der Waals surface area contributed by atoms with Gasteiger partial charge >= 0.3 is 6.18 Å². The van der Waals surface area contributed by atoms with Crippen molar-refractivity contribution in [3.63, 3.8) is 0 Å². The predicted molar refractivity (Wildman–Crippen MR) is 144 cm³/mol. The summed E-state index contributed by atoms with van der Waals surface area (Å²) >= 11 is 0. The summed E-state index contributed by atoms with van der Waals surface area (Å²) in [5.41, 5.74) is 7.62. The molecule has 1 aromatic heterocycles. The van der Waals surface area contributed by atoms with Crippen LogP contribution in [-0.4, -0.2) is 52.9 Å². The maximum Gasteiger partial charge on any atom is 0.416 e. The van der Waals surface area contributed by atoms with E-state index in [1.807, 2.05) is 16.7 Å². The molecule has 8 nitrogen and oxygen atoms in total. The van der Waals surface area contributed by atoms with E-state index in [1.165, 1.54) is 12.3 Å². The predicted octanol–water partition coefficient (Wildman–Crippen LogP) is 4.17. The minimum absolute atomic E-state index is 0.107. The summed E-state index contributed by atoms with van der Waals surface area (Å²) in [5, 5.41) is 2.91. The van der Waals surface area contributed by atoms with Gasteiger partial charge in [0.15, 0.2) is 0 Å². The molecule has 2 heterocycles. The molecule has 11 heteroatoms. The lowest BCUT2D eigenvalue weighted by atomic mass is 9.95. The van der Waals surface area contributed by atoms with E-state index in [4.69, 9.17) is 5.73 Å². The van der Waals surface area contributed by atoms with Crippen molar-refractivity contribution in [3.8, 4) is 11.1 Å². The van der Waals surface area contributed by atoms with Crippen molar-refractivity contribution in [1.82, 2.24) is 20.2 Å². The van der Waals surface area contributed by atoms with Gasteiger partial charge < -0.3 is 20.9 Å². The van der Waals surface area contributed by atoms with E-state index in [1.54, 1.807) is 30.5 Å². The smallest absolute Gasteiger partial charge is 0.352 e. The number of amides is 2. The summed E-state index contributed by atoms with van der Waals surface area (Å²) in [6.45, 7) is 4.41. The lowest BCUT2D eigenvalue weighted by Gasteiger charge is -2.35. The van der Waals surface area contributed by atoms with Gasteiger partial charge in [-0.3, -0.25) is 14.6 Å². The first-order valence-electron chi connectivity index (χ1n) is 13.3. The van der Waals surface area contributed by atoms with E-state index in [9.17, 15) is 22.8 Å². The molecule has 0 spiro atoms. The summed E-state index contributed by atoms with van der Waals surface area (Å²) in [7, 11) is 0. The number of halogens is 3. The summed E-state index contributed by atoms with van der Waals surface area (Å²) in [6, 6.07) is 10.1. The van der Waals surface area contributed by atoms with Gasteiger partial charge in [-0.2, -0.15) is 13.2 Å². The standard InChI is InChI=1S/C29H31F3N6O2/c1-18(19-2-4-20(5-3-19)24-14-23(29(30,31)32)9-8-22(24)15-33)35-27(39)25-16-34-17-26(36-25)37-10-12-38(13-11-37)28(40)21-6-7-21/h2-5,8-9,14,16-18,21H,6-7,10-13,15,33H2,1H3,(H,35,39)/t18-/m1/s1. The van der Waals surface area contributed by atoms with E-state index < -0.39 is 17.6 Å². The molecule has 1 aliphatic heterocycles. The lowest BCUT2D eigenvalue weighted by molar-refractivity contribution is -0.137. The number of anilines is 1. The third-order valence-corrected chi connectivity index (χ3v) is 7.42. The van der Waals surface area contributed by atoms with Gasteiger partial charge in [-0.1, -0.05) is 30.3 Å². The number of alkyl halides is 3. The number of aromatic nitrogens is 2. The molecule has 3 N–H and O–H groups in total. The zero-order chi connectivity index (χ0) is 28.4. The van der Waals surface area contributed by atoms with Gasteiger partial charge in [0.05, 0.1) is 24.0 Å². The molecule has 0 bridgehead atoms. The second kappa shape index (κ2) is 11.2. The molecular weight excluding hydrogens is 521 g/mol. The lowest BCUT2D eigenvalue weighted by Crippen LogP contribution is -2.49. The first kappa shape index (κ1) is 27.6. The quantitative estimate of drug-likeness (QED) is 0.456. The fourth-order valence-electron chi connectivity index (χ4n) is 4.87. The number of hydrogen-bond acceptors (Lipinski definition) is 6. The summed E-state index contributed by atoms with van der Waals surface area (Å²) in [6.07, 6.45) is 0.527. The Labute approximate surface area is 230 Å². The summed E-state index contributed by atoms with van der Waals surface area (Å²) in [4.78, 5) is 37.9. The van der Waals surface area contributed by atoms with E-state index >= 15 is 0 Å². The Balaban J connectivity index is 1.23. The molecule has 2 fully saturated rings. The maximum absolute atomic E-state index is 13.3. The van der Waals surface area contributed by atoms with Crippen LogP contribution in [0.3, 0.4) is 0 Å². The molecule has 0 unspecified atom stereocenters. The second-order valence-electron chi connectivity index (χ2n) is 10.2. The van der Waals surface area contributed by atoms with E-state index in [0.29, 0.717) is 48.7 Å². The Morgan fingerprint density at radius 1 is 1.05 bits per heavy atom. The molecule has 2 aliphatic rings.